The van der Waals surface area contributed by atoms with Gasteiger partial charge in [-0.2, -0.15) is 5.10 Å². The summed E-state index contributed by atoms with van der Waals surface area (Å²) < 4.78 is 32.3. The standard InChI is InChI=1S/C29H22FN5O2S/c1-37-21-16-25-28(33-17-21)26(14-15-32-25)38(36)22-12-10-20(11-13-22)35-29(31)24-5-3-2-4-23(24)27(34-35)18-6-8-19(30)9-7-18/h2-17,29H,31H2,1H3. The van der Waals surface area contributed by atoms with Crippen molar-refractivity contribution in [3.63, 3.8) is 0 Å². The smallest absolute Gasteiger partial charge is 0.139 e. The van der Waals surface area contributed by atoms with Crippen molar-refractivity contribution < 1.29 is 13.3 Å². The molecule has 38 heavy (non-hydrogen) atoms. The van der Waals surface area contributed by atoms with E-state index in [-0.39, 0.29) is 5.82 Å². The van der Waals surface area contributed by atoms with Crippen LogP contribution >= 0.6 is 0 Å². The zero-order valence-corrected chi connectivity index (χ0v) is 21.1. The highest BCUT2D eigenvalue weighted by atomic mass is 32.2. The van der Waals surface area contributed by atoms with Gasteiger partial charge in [-0.15, -0.1) is 0 Å². The molecule has 0 bridgehead atoms. The summed E-state index contributed by atoms with van der Waals surface area (Å²) in [4.78, 5) is 9.91. The number of methoxy groups -OCH3 is 1. The monoisotopic (exact) mass is 523 g/mol. The maximum Gasteiger partial charge on any atom is 0.139 e. The Labute approximate surface area is 220 Å². The molecule has 9 heteroatoms. The predicted octanol–water partition coefficient (Wildman–Crippen LogP) is 5.17. The number of hydrogen-bond acceptors (Lipinski definition) is 7. The first kappa shape index (κ1) is 23.9. The molecule has 5 aromatic rings. The second kappa shape index (κ2) is 9.77. The summed E-state index contributed by atoms with van der Waals surface area (Å²) in [5, 5.41) is 6.59. The molecule has 7 nitrogen and oxygen atoms in total. The van der Waals surface area contributed by atoms with Crippen molar-refractivity contribution in [3.8, 4) is 5.75 Å². The lowest BCUT2D eigenvalue weighted by molar-refractivity contribution is 0.413. The summed E-state index contributed by atoms with van der Waals surface area (Å²) in [5.41, 5.74) is 11.8. The summed E-state index contributed by atoms with van der Waals surface area (Å²) >= 11 is 0. The molecule has 0 saturated carbocycles. The average Bonchev–Trinajstić information content (AvgIpc) is 2.97. The molecule has 0 spiro atoms. The van der Waals surface area contributed by atoms with E-state index < -0.39 is 17.0 Å². The van der Waals surface area contributed by atoms with Crippen LogP contribution < -0.4 is 15.5 Å². The molecule has 1 aliphatic rings. The minimum absolute atomic E-state index is 0.313. The fraction of sp³-hybridized carbons (Fsp3) is 0.0690. The van der Waals surface area contributed by atoms with Crippen molar-refractivity contribution in [1.29, 1.82) is 0 Å². The average molecular weight is 524 g/mol. The number of hydrazone groups is 1. The van der Waals surface area contributed by atoms with Crippen molar-refractivity contribution in [2.45, 2.75) is 16.0 Å². The Morgan fingerprint density at radius 3 is 2.50 bits per heavy atom. The van der Waals surface area contributed by atoms with E-state index in [0.29, 0.717) is 32.3 Å². The van der Waals surface area contributed by atoms with Gasteiger partial charge in [-0.3, -0.25) is 4.98 Å². The molecule has 2 N–H and O–H groups in total. The first-order valence-electron chi connectivity index (χ1n) is 11.8. The molecule has 0 fully saturated rings. The Bertz CT molecular complexity index is 1710. The number of halogens is 1. The Kier molecular flexibility index (Phi) is 6.15. The molecular formula is C29H22FN5O2S. The zero-order valence-electron chi connectivity index (χ0n) is 20.3. The SMILES string of the molecule is COc1cnc2c(S(=O)c3ccc(N4N=C(c5ccc(F)cc5)c5ccccc5C4N)cc3)ccnc2c1. The van der Waals surface area contributed by atoms with E-state index in [1.165, 1.54) is 12.1 Å². The van der Waals surface area contributed by atoms with Gasteiger partial charge >= 0.3 is 0 Å². The van der Waals surface area contributed by atoms with Crippen LogP contribution in [-0.2, 0) is 10.8 Å². The minimum Gasteiger partial charge on any atom is -0.495 e. The van der Waals surface area contributed by atoms with Gasteiger partial charge in [-0.1, -0.05) is 24.3 Å². The highest BCUT2D eigenvalue weighted by Gasteiger charge is 2.28. The molecule has 3 aromatic carbocycles. The molecule has 6 rings (SSSR count). The van der Waals surface area contributed by atoms with E-state index in [9.17, 15) is 8.60 Å². The number of hydrogen-bond donors (Lipinski definition) is 1. The van der Waals surface area contributed by atoms with Crippen LogP contribution in [0.5, 0.6) is 5.75 Å². The largest absolute Gasteiger partial charge is 0.495 e. The number of fused-ring (bicyclic) bond motifs is 2. The maximum atomic E-state index is 13.6. The quantitative estimate of drug-likeness (QED) is 0.342. The number of aromatic nitrogens is 2. The molecule has 0 aliphatic carbocycles. The Balaban J connectivity index is 1.36. The second-order valence-corrected chi connectivity index (χ2v) is 10.1. The molecule has 0 radical (unpaired) electrons. The van der Waals surface area contributed by atoms with Gasteiger partial charge in [-0.05, 0) is 54.6 Å². The van der Waals surface area contributed by atoms with E-state index >= 15 is 0 Å². The van der Waals surface area contributed by atoms with Crippen LogP contribution in [-0.4, -0.2) is 27.0 Å². The molecule has 1 aliphatic heterocycles. The van der Waals surface area contributed by atoms with Gasteiger partial charge in [-0.25, -0.2) is 18.6 Å². The third kappa shape index (κ3) is 4.21. The lowest BCUT2D eigenvalue weighted by atomic mass is 9.94. The number of ether oxygens (including phenoxy) is 1. The number of anilines is 1. The minimum atomic E-state index is -1.49. The lowest BCUT2D eigenvalue weighted by Gasteiger charge is -2.33. The van der Waals surface area contributed by atoms with E-state index in [4.69, 9.17) is 15.6 Å². The van der Waals surface area contributed by atoms with Gasteiger partial charge in [0, 0.05) is 33.8 Å². The number of nitrogens with zero attached hydrogens (tertiary/aromatic N) is 4. The van der Waals surface area contributed by atoms with E-state index in [1.807, 2.05) is 36.4 Å². The lowest BCUT2D eigenvalue weighted by Crippen LogP contribution is -2.36. The highest BCUT2D eigenvalue weighted by Crippen LogP contribution is 2.34. The van der Waals surface area contributed by atoms with Gasteiger partial charge in [0.15, 0.2) is 0 Å². The summed E-state index contributed by atoms with van der Waals surface area (Å²) in [6, 6.07) is 24.8. The van der Waals surface area contributed by atoms with Crippen LogP contribution in [0.2, 0.25) is 0 Å². The fourth-order valence-corrected chi connectivity index (χ4v) is 5.62. The fourth-order valence-electron chi connectivity index (χ4n) is 4.46. The van der Waals surface area contributed by atoms with Crippen molar-refractivity contribution in [2.24, 2.45) is 10.8 Å². The molecule has 0 amide bonds. The van der Waals surface area contributed by atoms with Crippen molar-refractivity contribution in [1.82, 2.24) is 9.97 Å². The summed E-state index contributed by atoms with van der Waals surface area (Å²) in [6.45, 7) is 0. The molecular weight excluding hydrogens is 501 g/mol. The number of nitrogens with two attached hydrogens (primary N) is 1. The Morgan fingerprint density at radius 1 is 0.974 bits per heavy atom. The molecule has 3 heterocycles. The van der Waals surface area contributed by atoms with E-state index in [1.54, 1.807) is 60.9 Å². The van der Waals surface area contributed by atoms with Gasteiger partial charge in [0.25, 0.3) is 0 Å². The summed E-state index contributed by atoms with van der Waals surface area (Å²) in [5.74, 6) is 0.268. The third-order valence-electron chi connectivity index (χ3n) is 6.39. The first-order valence-corrected chi connectivity index (χ1v) is 13.0. The molecule has 188 valence electrons. The van der Waals surface area contributed by atoms with Crippen LogP contribution in [0.4, 0.5) is 10.1 Å². The topological polar surface area (TPSA) is 93.7 Å². The molecule has 2 aromatic heterocycles. The number of pyridine rings is 2. The van der Waals surface area contributed by atoms with Crippen LogP contribution in [0.3, 0.4) is 0 Å². The zero-order chi connectivity index (χ0) is 26.2. The highest BCUT2D eigenvalue weighted by molar-refractivity contribution is 7.85. The molecule has 0 saturated heterocycles. The first-order chi connectivity index (χ1) is 18.5. The Hall–Kier alpha value is -4.47. The van der Waals surface area contributed by atoms with Crippen molar-refractivity contribution in [2.75, 3.05) is 12.1 Å². The van der Waals surface area contributed by atoms with Gasteiger partial charge in [0.2, 0.25) is 0 Å². The van der Waals surface area contributed by atoms with Gasteiger partial charge in [0.1, 0.15) is 23.2 Å². The van der Waals surface area contributed by atoms with Crippen molar-refractivity contribution in [3.05, 3.63) is 120 Å². The van der Waals surface area contributed by atoms with Gasteiger partial charge < -0.3 is 10.5 Å². The molecule has 2 atom stereocenters. The second-order valence-electron chi connectivity index (χ2n) is 8.65. The van der Waals surface area contributed by atoms with Crippen LogP contribution in [0.25, 0.3) is 11.0 Å². The number of benzene rings is 3. The third-order valence-corrected chi connectivity index (χ3v) is 7.82. The Morgan fingerprint density at radius 2 is 1.74 bits per heavy atom. The predicted molar refractivity (Wildman–Crippen MR) is 145 cm³/mol. The number of rotatable bonds is 5. The molecule has 2 unspecified atom stereocenters. The van der Waals surface area contributed by atoms with Crippen LogP contribution in [0, 0.1) is 5.82 Å². The summed E-state index contributed by atoms with van der Waals surface area (Å²) in [6.07, 6.45) is 2.66. The van der Waals surface area contributed by atoms with E-state index in [2.05, 4.69) is 9.97 Å². The summed E-state index contributed by atoms with van der Waals surface area (Å²) in [7, 11) is 0.0699. The van der Waals surface area contributed by atoms with Crippen LogP contribution in [0.15, 0.2) is 112 Å². The maximum absolute atomic E-state index is 13.6. The normalized spacial score (nSPS) is 15.6. The van der Waals surface area contributed by atoms with E-state index in [0.717, 1.165) is 22.4 Å². The van der Waals surface area contributed by atoms with Crippen LogP contribution in [0.1, 0.15) is 22.9 Å². The van der Waals surface area contributed by atoms with Gasteiger partial charge in [0.05, 0.1) is 45.9 Å². The van der Waals surface area contributed by atoms with Crippen molar-refractivity contribution >= 4 is 33.2 Å².